The highest BCUT2D eigenvalue weighted by molar-refractivity contribution is 5.88. The second kappa shape index (κ2) is 13.2. The highest BCUT2D eigenvalue weighted by atomic mass is 16.5. The Labute approximate surface area is 249 Å². The molecule has 0 spiro atoms. The van der Waals surface area contributed by atoms with Crippen LogP contribution in [0.2, 0.25) is 0 Å². The second-order valence-corrected chi connectivity index (χ2v) is 10.6. The number of nitrogens with zero attached hydrogens (tertiary/aromatic N) is 7. The molecule has 11 heteroatoms. The van der Waals surface area contributed by atoms with Crippen molar-refractivity contribution >= 4 is 22.6 Å². The van der Waals surface area contributed by atoms with Crippen LogP contribution < -0.4 is 4.90 Å². The summed E-state index contributed by atoms with van der Waals surface area (Å²) in [6.45, 7) is 3.60. The Hall–Kier alpha value is -4.58. The summed E-state index contributed by atoms with van der Waals surface area (Å²) in [5.41, 5.74) is 6.74. The van der Waals surface area contributed by atoms with Crippen LogP contribution in [0.3, 0.4) is 0 Å². The molecule has 2 aromatic carbocycles. The van der Waals surface area contributed by atoms with Crippen molar-refractivity contribution in [1.29, 1.82) is 0 Å². The Morgan fingerprint density at radius 1 is 0.953 bits per heavy atom. The van der Waals surface area contributed by atoms with E-state index in [-0.39, 0.29) is 12.4 Å². The third-order valence-electron chi connectivity index (χ3n) is 7.33. The van der Waals surface area contributed by atoms with Gasteiger partial charge >= 0.3 is 0 Å². The molecular weight excluding hydrogens is 546 g/mol. The zero-order valence-corrected chi connectivity index (χ0v) is 24.0. The van der Waals surface area contributed by atoms with E-state index in [2.05, 4.69) is 15.2 Å². The van der Waals surface area contributed by atoms with Crippen LogP contribution in [0, 0.1) is 0 Å². The highest BCUT2D eigenvalue weighted by Crippen LogP contribution is 2.28. The molecule has 0 atom stereocenters. The number of anilines is 1. The van der Waals surface area contributed by atoms with E-state index in [4.69, 9.17) is 24.4 Å². The first-order valence-electron chi connectivity index (χ1n) is 14.2. The average molecular weight is 580 g/mol. The fourth-order valence-electron chi connectivity index (χ4n) is 5.12. The zero-order chi connectivity index (χ0) is 29.6. The highest BCUT2D eigenvalue weighted by Gasteiger charge is 2.20. The minimum absolute atomic E-state index is 0.00776. The number of carbonyl (C=O) groups is 1. The number of methoxy groups -OCH3 is 1. The summed E-state index contributed by atoms with van der Waals surface area (Å²) < 4.78 is 12.5. The Morgan fingerprint density at radius 3 is 2.35 bits per heavy atom. The van der Waals surface area contributed by atoms with Gasteiger partial charge < -0.3 is 19.5 Å². The van der Waals surface area contributed by atoms with Gasteiger partial charge in [-0.2, -0.15) is 0 Å². The van der Waals surface area contributed by atoms with E-state index in [0.717, 1.165) is 63.5 Å². The molecule has 0 radical (unpaired) electrons. The average Bonchev–Trinajstić information content (AvgIpc) is 3.48. The number of Topliss-reactive ketones (excluding diaryl/α,β-unsaturated/α-hetero) is 1. The standard InChI is InChI=1S/C32H33N7O4/c1-42-21-27-19-39(37-36-27)18-25-16-29-30(33-17-25)32(38-10-12-43-13-11-38)35-31(34-29)26-8-6-23(7-9-26)15-28(41)14-22-2-4-24(20-40)5-3-22/h2-9,16-17,19,40H,10-15,18,20-21H2,1H3. The van der Waals surface area contributed by atoms with Gasteiger partial charge in [0.2, 0.25) is 0 Å². The van der Waals surface area contributed by atoms with Crippen molar-refractivity contribution in [1.82, 2.24) is 29.9 Å². The van der Waals surface area contributed by atoms with Crippen LogP contribution in [0.5, 0.6) is 0 Å². The lowest BCUT2D eigenvalue weighted by Gasteiger charge is -2.28. The summed E-state index contributed by atoms with van der Waals surface area (Å²) in [6.07, 6.45) is 4.38. The second-order valence-electron chi connectivity index (χ2n) is 10.6. The minimum atomic E-state index is -0.00776. The molecule has 3 aromatic heterocycles. The summed E-state index contributed by atoms with van der Waals surface area (Å²) >= 11 is 0. The van der Waals surface area contributed by atoms with Gasteiger partial charge in [-0.1, -0.05) is 53.7 Å². The molecule has 220 valence electrons. The molecule has 11 nitrogen and oxygen atoms in total. The van der Waals surface area contributed by atoms with E-state index in [1.807, 2.05) is 67.0 Å². The molecule has 0 aliphatic carbocycles. The van der Waals surface area contributed by atoms with Crippen molar-refractivity contribution in [3.05, 3.63) is 94.9 Å². The number of carbonyl (C=O) groups excluding carboxylic acids is 1. The molecular formula is C32H33N7O4. The summed E-state index contributed by atoms with van der Waals surface area (Å²) in [7, 11) is 1.63. The van der Waals surface area contributed by atoms with Gasteiger partial charge in [-0.05, 0) is 28.3 Å². The predicted molar refractivity (Wildman–Crippen MR) is 160 cm³/mol. The maximum Gasteiger partial charge on any atom is 0.162 e. The molecule has 43 heavy (non-hydrogen) atoms. The van der Waals surface area contributed by atoms with Gasteiger partial charge in [0.15, 0.2) is 11.6 Å². The van der Waals surface area contributed by atoms with Crippen molar-refractivity contribution in [2.24, 2.45) is 0 Å². The van der Waals surface area contributed by atoms with E-state index < -0.39 is 0 Å². The normalized spacial score (nSPS) is 13.5. The smallest absolute Gasteiger partial charge is 0.162 e. The van der Waals surface area contributed by atoms with Crippen molar-refractivity contribution in [3.8, 4) is 11.4 Å². The quantitative estimate of drug-likeness (QED) is 0.249. The number of fused-ring (bicyclic) bond motifs is 1. The molecule has 1 aliphatic heterocycles. The molecule has 0 unspecified atom stereocenters. The molecule has 1 fully saturated rings. The van der Waals surface area contributed by atoms with E-state index >= 15 is 0 Å². The topological polar surface area (TPSA) is 128 Å². The van der Waals surface area contributed by atoms with Crippen molar-refractivity contribution in [3.63, 3.8) is 0 Å². The summed E-state index contributed by atoms with van der Waals surface area (Å²) in [5, 5.41) is 17.6. The number of hydrogen-bond donors (Lipinski definition) is 1. The van der Waals surface area contributed by atoms with Crippen LogP contribution in [0.25, 0.3) is 22.4 Å². The molecule has 4 heterocycles. The number of aromatic nitrogens is 6. The van der Waals surface area contributed by atoms with Gasteiger partial charge in [0.1, 0.15) is 17.0 Å². The van der Waals surface area contributed by atoms with Gasteiger partial charge in [0.25, 0.3) is 0 Å². The van der Waals surface area contributed by atoms with Gasteiger partial charge in [0, 0.05) is 44.8 Å². The van der Waals surface area contributed by atoms with Crippen molar-refractivity contribution in [2.45, 2.75) is 32.6 Å². The van der Waals surface area contributed by atoms with Gasteiger partial charge in [-0.25, -0.2) is 14.6 Å². The maximum atomic E-state index is 12.7. The monoisotopic (exact) mass is 579 g/mol. The van der Waals surface area contributed by atoms with Crippen molar-refractivity contribution < 1.29 is 19.4 Å². The number of pyridine rings is 1. The summed E-state index contributed by atoms with van der Waals surface area (Å²) in [4.78, 5) is 29.6. The number of aliphatic hydroxyl groups excluding tert-OH is 1. The third kappa shape index (κ3) is 6.91. The maximum absolute atomic E-state index is 12.7. The van der Waals surface area contributed by atoms with E-state index in [0.29, 0.717) is 45.0 Å². The third-order valence-corrected chi connectivity index (χ3v) is 7.33. The molecule has 0 amide bonds. The number of ether oxygens (including phenoxy) is 2. The van der Waals surface area contributed by atoms with Gasteiger partial charge in [-0.3, -0.25) is 9.78 Å². The number of ketones is 1. The summed E-state index contributed by atoms with van der Waals surface area (Å²) in [5.74, 6) is 1.50. The first-order valence-corrected chi connectivity index (χ1v) is 14.2. The molecule has 1 aliphatic rings. The number of benzene rings is 2. The molecule has 1 saturated heterocycles. The Morgan fingerprint density at radius 2 is 1.65 bits per heavy atom. The van der Waals surface area contributed by atoms with Crippen LogP contribution in [0.4, 0.5) is 5.82 Å². The molecule has 6 rings (SSSR count). The van der Waals surface area contributed by atoms with Crippen LogP contribution in [-0.2, 0) is 46.9 Å². The zero-order valence-electron chi connectivity index (χ0n) is 24.0. The molecule has 0 bridgehead atoms. The Bertz CT molecular complexity index is 1700. The lowest BCUT2D eigenvalue weighted by Crippen LogP contribution is -2.37. The Kier molecular flexibility index (Phi) is 8.73. The predicted octanol–water partition coefficient (Wildman–Crippen LogP) is 3.16. The first-order chi connectivity index (χ1) is 21.1. The number of morpholine rings is 1. The van der Waals surface area contributed by atoms with Crippen LogP contribution in [0.1, 0.15) is 27.9 Å². The fourth-order valence-corrected chi connectivity index (χ4v) is 5.12. The molecule has 1 N–H and O–H groups in total. The van der Waals surface area contributed by atoms with Crippen LogP contribution in [-0.4, -0.2) is 74.2 Å². The lowest BCUT2D eigenvalue weighted by atomic mass is 10.0. The van der Waals surface area contributed by atoms with E-state index in [1.165, 1.54) is 0 Å². The first kappa shape index (κ1) is 28.5. The SMILES string of the molecule is COCc1cn(Cc2cnc3c(N4CCOCC4)nc(-c4ccc(CC(=O)Cc5ccc(CO)cc5)cc4)nc3c2)nn1. The van der Waals surface area contributed by atoms with E-state index in [9.17, 15) is 9.90 Å². The minimum Gasteiger partial charge on any atom is -0.392 e. The fraction of sp³-hybridized carbons (Fsp3) is 0.312. The summed E-state index contributed by atoms with van der Waals surface area (Å²) in [6, 6.07) is 17.3. The van der Waals surface area contributed by atoms with Crippen molar-refractivity contribution in [2.75, 3.05) is 38.3 Å². The van der Waals surface area contributed by atoms with Crippen LogP contribution in [0.15, 0.2) is 67.0 Å². The number of rotatable bonds is 11. The van der Waals surface area contributed by atoms with Gasteiger partial charge in [-0.15, -0.1) is 5.10 Å². The van der Waals surface area contributed by atoms with E-state index in [1.54, 1.807) is 11.8 Å². The lowest BCUT2D eigenvalue weighted by molar-refractivity contribution is -0.117. The molecule has 0 saturated carbocycles. The Balaban J connectivity index is 1.24. The van der Waals surface area contributed by atoms with Gasteiger partial charge in [0.05, 0.1) is 44.7 Å². The largest absolute Gasteiger partial charge is 0.392 e. The molecule has 5 aromatic rings. The number of aliphatic hydroxyl groups is 1. The number of hydrogen-bond acceptors (Lipinski definition) is 10. The van der Waals surface area contributed by atoms with Crippen LogP contribution >= 0.6 is 0 Å².